The molecule has 3 saturated heterocycles. The van der Waals surface area contributed by atoms with Crippen LogP contribution in [0.25, 0.3) is 0 Å². The van der Waals surface area contributed by atoms with E-state index in [1.807, 2.05) is 82.0 Å². The van der Waals surface area contributed by atoms with Gasteiger partial charge in [0, 0.05) is 108 Å². The van der Waals surface area contributed by atoms with Gasteiger partial charge in [-0.1, -0.05) is 79.3 Å². The molecule has 10 N–H and O–H groups in total. The topological polar surface area (TPSA) is 319 Å². The van der Waals surface area contributed by atoms with E-state index >= 15 is 0 Å². The molecule has 3 heterocycles. The number of aryl methyl sites for hydroxylation is 6. The number of nitriles is 4. The van der Waals surface area contributed by atoms with E-state index in [2.05, 4.69) is 75.4 Å². The van der Waals surface area contributed by atoms with Crippen LogP contribution in [0.3, 0.4) is 0 Å². The first-order valence-corrected chi connectivity index (χ1v) is 42.2. The number of hydrogen-bond donors (Lipinski definition) is 6. The molecule has 3 fully saturated rings. The van der Waals surface area contributed by atoms with Crippen molar-refractivity contribution in [3.05, 3.63) is 248 Å². The quantitative estimate of drug-likeness (QED) is 0.0227. The molecule has 0 spiro atoms. The number of carbonyl (C=O) groups excluding carboxylic acids is 2. The van der Waals surface area contributed by atoms with Crippen LogP contribution in [0.15, 0.2) is 106 Å². The van der Waals surface area contributed by atoms with Crippen molar-refractivity contribution in [3.63, 3.8) is 0 Å². The number of alkyl halides is 2. The van der Waals surface area contributed by atoms with Crippen LogP contribution < -0.4 is 37.6 Å². The van der Waals surface area contributed by atoms with E-state index in [9.17, 15) is 73.9 Å². The summed E-state index contributed by atoms with van der Waals surface area (Å²) in [6.07, 6.45) is 10.5. The molecule has 32 heteroatoms. The monoisotopic (exact) mass is 1940 g/mol. The molecular formula is C89H99Br4F10N11O7. The van der Waals surface area contributed by atoms with E-state index in [4.69, 9.17) is 43.3 Å². The molecule has 0 amide bonds. The number of nitrogens with two attached hydrogens (primary N) is 4. The third kappa shape index (κ3) is 32.2. The Kier molecular flexibility index (Phi) is 44.4. The first-order valence-electron chi connectivity index (χ1n) is 38.4. The Morgan fingerprint density at radius 3 is 1.12 bits per heavy atom. The zero-order valence-electron chi connectivity index (χ0n) is 68.6. The fraction of sp³-hybridized carbons (Fsp3) is 0.382. The molecule has 121 heavy (non-hydrogen) atoms. The summed E-state index contributed by atoms with van der Waals surface area (Å²) in [6.45, 7) is 17.5. The second kappa shape index (κ2) is 51.9. The summed E-state index contributed by atoms with van der Waals surface area (Å²) < 4.78 is 142. The van der Waals surface area contributed by atoms with Gasteiger partial charge < -0.3 is 57.3 Å². The van der Waals surface area contributed by atoms with Gasteiger partial charge in [-0.3, -0.25) is 0 Å². The molecule has 8 aromatic rings. The Balaban J connectivity index is 0.000000307. The second-order valence-electron chi connectivity index (χ2n) is 28.7. The van der Waals surface area contributed by atoms with Crippen LogP contribution in [-0.4, -0.2) is 111 Å². The van der Waals surface area contributed by atoms with E-state index in [1.165, 1.54) is 14.2 Å². The predicted octanol–water partition coefficient (Wildman–Crippen LogP) is 20.3. The molecule has 0 atom stereocenters. The third-order valence-corrected chi connectivity index (χ3v) is 22.2. The molecule has 0 aliphatic carbocycles. The zero-order valence-corrected chi connectivity index (χ0v) is 74.9. The lowest BCUT2D eigenvalue weighted by Crippen LogP contribution is -2.40. The summed E-state index contributed by atoms with van der Waals surface area (Å²) in [5.41, 5.74) is 31.3. The summed E-state index contributed by atoms with van der Waals surface area (Å²) in [4.78, 5) is 40.0. The number of hydrogen-bond acceptors (Lipinski definition) is 17. The van der Waals surface area contributed by atoms with Crippen molar-refractivity contribution >= 4 is 110 Å². The van der Waals surface area contributed by atoms with Crippen molar-refractivity contribution < 1.29 is 78.0 Å². The van der Waals surface area contributed by atoms with Crippen molar-refractivity contribution in [1.29, 1.82) is 21.0 Å². The minimum atomic E-state index is -0.926. The van der Waals surface area contributed by atoms with Gasteiger partial charge in [-0.15, -0.1) is 0 Å². The van der Waals surface area contributed by atoms with Crippen LogP contribution in [0.5, 0.6) is 0 Å². The number of unbranched alkanes of at least 4 members (excludes halogenated alkanes) is 1. The summed E-state index contributed by atoms with van der Waals surface area (Å²) in [5.74, 6) is -8.23. The lowest BCUT2D eigenvalue weighted by Gasteiger charge is -2.34. The number of nitrogen functional groups attached to an aromatic ring is 2. The van der Waals surface area contributed by atoms with E-state index < -0.39 is 64.1 Å². The van der Waals surface area contributed by atoms with Crippen molar-refractivity contribution in [2.75, 3.05) is 96.9 Å². The summed E-state index contributed by atoms with van der Waals surface area (Å²) in [6, 6.07) is 28.0. The SMILES string of the molecule is CCCCO.COC(=O)c1cc(Br)c(C)cc1C.COC(=O)c1cc(CC2CCN(c3c(F)cc(F)cc3C#N)CC2)c(C)cc1C.Cc1cc(C)c(C(=O)O)cc1CC1CCN(c2c(F)cc(F)cc2C#N)CC1.N#Cc1cc(F)cc(F)c1N.N#Cc1cc(F)cc(F)c1N1CCC(N)CC1.NC(CCBr)CCBr.Nc1c(F)cc(F)cc1Br. The standard InChI is InChI=1S/C23H24F2N2O2.C22H22F2N2O2.C12H13F2N3.C10H11BrO2.C7H4F2N2.C6H4BrF2N.C5H11Br2N.C4H10O/c1-14-8-15(2)20(23(28)29-3)11-17(14)9-16-4-6-27(7-5-16)22-18(13-26)10-19(24)12-21(22)25;1-13-7-14(2)19(22(27)28)10-16(13)8-15-3-5-26(6-4-15)21-17(12-25)9-18(23)11-20(21)24;13-9-5-8(7-15)12(11(14)6-9)17-3-1-10(16)2-4-17;1-6-4-7(2)9(11)5-8(6)10(12)13-3;8-5-1-4(3-10)7(11)6(9)2-5;7-4-1-3(8)2-5(9)6(4)10;6-3-1-5(8)2-4-7;1-2-3-4-5/h8,10-12,16H,4-7,9H2,1-3H3;7,9-11,15H,3-6,8H2,1-2H3,(H,27,28);5-6,10H,1-4,16H2;4-5H,1-3H3;1-2H,11H2;1-2H,10H2;5H,1-4,8H2;5H,2-4H2,1H3. The van der Waals surface area contributed by atoms with E-state index in [0.717, 1.165) is 191 Å². The summed E-state index contributed by atoms with van der Waals surface area (Å²) in [5, 5.41) is 55.1. The number of esters is 2. The molecule has 0 radical (unpaired) electrons. The zero-order chi connectivity index (χ0) is 90.7. The summed E-state index contributed by atoms with van der Waals surface area (Å²) in [7, 11) is 2.76. The first kappa shape index (κ1) is 104. The largest absolute Gasteiger partial charge is 0.478 e. The lowest BCUT2D eigenvalue weighted by molar-refractivity contribution is 0.0590. The number of methoxy groups -OCH3 is 2. The Morgan fingerprint density at radius 1 is 0.463 bits per heavy atom. The van der Waals surface area contributed by atoms with Gasteiger partial charge in [0.1, 0.15) is 65.0 Å². The van der Waals surface area contributed by atoms with Gasteiger partial charge in [0.15, 0.2) is 17.5 Å². The van der Waals surface area contributed by atoms with E-state index in [-0.39, 0.29) is 73.1 Å². The fourth-order valence-electron chi connectivity index (χ4n) is 13.1. The van der Waals surface area contributed by atoms with Gasteiger partial charge in [0.05, 0.1) is 81.6 Å². The highest BCUT2D eigenvalue weighted by atomic mass is 79.9. The number of aliphatic hydroxyl groups excluding tert-OH is 1. The Hall–Kier alpha value is -9.77. The normalized spacial score (nSPS) is 13.0. The van der Waals surface area contributed by atoms with E-state index in [1.54, 1.807) is 34.9 Å². The van der Waals surface area contributed by atoms with Crippen LogP contribution in [0.4, 0.5) is 72.3 Å². The van der Waals surface area contributed by atoms with Gasteiger partial charge in [-0.05, 0) is 233 Å². The summed E-state index contributed by atoms with van der Waals surface area (Å²) >= 11 is 12.9. The molecule has 0 bridgehead atoms. The molecular weight excluding hydrogens is 1840 g/mol. The van der Waals surface area contributed by atoms with Crippen LogP contribution in [0.2, 0.25) is 0 Å². The number of halogens is 14. The van der Waals surface area contributed by atoms with E-state index in [0.29, 0.717) is 86.5 Å². The number of carbonyl (C=O) groups is 3. The molecule has 0 saturated carbocycles. The fourth-order valence-corrected chi connectivity index (χ4v) is 15.1. The molecule has 0 unspecified atom stereocenters. The highest BCUT2D eigenvalue weighted by molar-refractivity contribution is 9.11. The molecule has 18 nitrogen and oxygen atoms in total. The Labute approximate surface area is 733 Å². The molecule has 650 valence electrons. The average molecular weight is 1940 g/mol. The van der Waals surface area contributed by atoms with Crippen molar-refractivity contribution in [3.8, 4) is 24.3 Å². The number of piperidine rings is 3. The number of nitrogens with zero attached hydrogens (tertiary/aromatic N) is 7. The maximum Gasteiger partial charge on any atom is 0.338 e. The predicted molar refractivity (Wildman–Crippen MR) is 466 cm³/mol. The lowest BCUT2D eigenvalue weighted by atomic mass is 9.87. The number of ether oxygens (including phenoxy) is 2. The number of aromatic carboxylic acids is 1. The van der Waals surface area contributed by atoms with Crippen molar-refractivity contribution in [2.45, 2.75) is 138 Å². The molecule has 3 aliphatic heterocycles. The highest BCUT2D eigenvalue weighted by Gasteiger charge is 2.29. The average Bonchev–Trinajstić information content (AvgIpc) is 0.809. The highest BCUT2D eigenvalue weighted by Crippen LogP contribution is 2.36. The Morgan fingerprint density at radius 2 is 0.785 bits per heavy atom. The number of anilines is 5. The van der Waals surface area contributed by atoms with Gasteiger partial charge >= 0.3 is 17.9 Å². The van der Waals surface area contributed by atoms with Crippen LogP contribution >= 0.6 is 63.7 Å². The minimum absolute atomic E-state index is 0.0106. The van der Waals surface area contributed by atoms with Crippen molar-refractivity contribution in [2.24, 2.45) is 23.3 Å². The maximum atomic E-state index is 14.3. The van der Waals surface area contributed by atoms with Crippen LogP contribution in [0.1, 0.15) is 169 Å². The molecule has 3 aliphatic rings. The van der Waals surface area contributed by atoms with Gasteiger partial charge in [-0.25, -0.2) is 58.3 Å². The number of aliphatic hydroxyl groups is 1. The van der Waals surface area contributed by atoms with Gasteiger partial charge in [-0.2, -0.15) is 21.0 Å². The van der Waals surface area contributed by atoms with Gasteiger partial charge in [0.25, 0.3) is 0 Å². The smallest absolute Gasteiger partial charge is 0.338 e. The first-order chi connectivity index (χ1) is 57.3. The minimum Gasteiger partial charge on any atom is -0.478 e. The van der Waals surface area contributed by atoms with Crippen LogP contribution in [-0.2, 0) is 22.3 Å². The second-order valence-corrected chi connectivity index (χ2v) is 32.0. The maximum absolute atomic E-state index is 14.3. The number of carboxylic acids is 1. The number of benzene rings is 8. The number of carboxylic acid groups (broad SMARTS) is 1. The molecule has 0 aromatic heterocycles. The Bertz CT molecular complexity index is 4990. The molecule has 8 aromatic carbocycles. The van der Waals surface area contributed by atoms with Crippen molar-refractivity contribution in [1.82, 2.24) is 0 Å². The third-order valence-electron chi connectivity index (χ3n) is 19.8. The molecule has 11 rings (SSSR count). The van der Waals surface area contributed by atoms with Crippen LogP contribution in [0, 0.1) is 157 Å². The number of rotatable bonds is 16. The van der Waals surface area contributed by atoms with Gasteiger partial charge in [0.2, 0.25) is 0 Å².